The number of hydrogen-bond donors (Lipinski definition) is 0. The Hall–Kier alpha value is -1.74. The van der Waals surface area contributed by atoms with E-state index in [4.69, 9.17) is 0 Å². The molecule has 0 aliphatic carbocycles. The molecule has 1 spiro atoms. The van der Waals surface area contributed by atoms with E-state index in [1.54, 1.807) is 22.3 Å². The van der Waals surface area contributed by atoms with Crippen LogP contribution in [0.15, 0.2) is 121 Å². The van der Waals surface area contributed by atoms with Crippen molar-refractivity contribution in [3.63, 3.8) is 0 Å². The van der Waals surface area contributed by atoms with Crippen LogP contribution in [-0.4, -0.2) is 8.11 Å². The Labute approximate surface area is 236 Å². The second-order valence-electron chi connectivity index (χ2n) is 17.3. The SMILES string of the molecule is c1ccc(CP(Cc2ccccc2)[C]23[CH]4[CH]5[CH]6[C]2(P(Cc2ccccc2)Cc2ccccc2)[Fe]54632789[CH]3[CH]2[CH]7[CH]8[CH]39)cc1. The van der Waals surface area contributed by atoms with Gasteiger partial charge in [-0.25, -0.2) is 0 Å². The van der Waals surface area contributed by atoms with Crippen molar-refractivity contribution in [1.29, 1.82) is 0 Å². The minimum absolute atomic E-state index is 0.0447. The van der Waals surface area contributed by atoms with Crippen LogP contribution >= 0.6 is 15.8 Å². The molecule has 206 valence electrons. The third-order valence-electron chi connectivity index (χ3n) is 20.5. The summed E-state index contributed by atoms with van der Waals surface area (Å²) in [6, 6.07) is 47.3. The topological polar surface area (TPSA) is 0 Å². The van der Waals surface area contributed by atoms with Crippen molar-refractivity contribution in [1.82, 2.24) is 0 Å². The fraction of sp³-hybridized carbons (Fsp3) is 0.368. The average Bonchev–Trinajstić information content (AvgIpc) is 3.97. The summed E-state index contributed by atoms with van der Waals surface area (Å²) in [5.74, 6) is 0. The molecule has 0 aromatic heterocycles. The quantitative estimate of drug-likeness (QED) is 0.124. The maximum absolute atomic E-state index is 3.69. The molecular weight excluding hydrogens is 574 g/mol. The minimum atomic E-state index is -3.69. The van der Waals surface area contributed by atoms with Gasteiger partial charge in [0.25, 0.3) is 0 Å². The van der Waals surface area contributed by atoms with Gasteiger partial charge in [-0.2, -0.15) is 0 Å². The van der Waals surface area contributed by atoms with E-state index in [2.05, 4.69) is 121 Å². The second kappa shape index (κ2) is 3.61. The molecule has 4 unspecified atom stereocenters. The van der Waals surface area contributed by atoms with Crippen LogP contribution in [-0.2, 0) is 31.2 Å². The van der Waals surface area contributed by atoms with Gasteiger partial charge in [0.1, 0.15) is 0 Å². The summed E-state index contributed by atoms with van der Waals surface area (Å²) in [5.41, 5.74) is 6.60. The summed E-state index contributed by atoms with van der Waals surface area (Å²) in [7, 11) is -0.0894. The van der Waals surface area contributed by atoms with Crippen molar-refractivity contribution in [2.24, 2.45) is 0 Å². The summed E-state index contributed by atoms with van der Waals surface area (Å²) in [6.45, 7) is -3.69. The molecule has 4 aromatic carbocycles. The van der Waals surface area contributed by atoms with Crippen LogP contribution in [0.25, 0.3) is 0 Å². The molecule has 0 saturated carbocycles. The molecule has 10 aliphatic rings. The van der Waals surface area contributed by atoms with Gasteiger partial charge in [-0.05, 0) is 0 Å². The van der Waals surface area contributed by atoms with Gasteiger partial charge in [-0.1, -0.05) is 0 Å². The molecule has 0 amide bonds. The molecular formula is C38H36FeP2. The van der Waals surface area contributed by atoms with Gasteiger partial charge in [-0.3, -0.25) is 0 Å². The van der Waals surface area contributed by atoms with E-state index in [1.165, 1.54) is 63.2 Å². The summed E-state index contributed by atoms with van der Waals surface area (Å²) in [5, 5.41) is 0. The Morgan fingerprint density at radius 1 is 0.390 bits per heavy atom. The zero-order chi connectivity index (χ0) is 26.4. The van der Waals surface area contributed by atoms with Crippen LogP contribution in [0.2, 0.25) is 38.5 Å². The molecule has 14 rings (SSSR count). The summed E-state index contributed by atoms with van der Waals surface area (Å²) < 4.78 is 1.78. The van der Waals surface area contributed by atoms with Crippen molar-refractivity contribution in [2.45, 2.75) is 71.3 Å². The third kappa shape index (κ3) is 0.618. The first-order chi connectivity index (χ1) is 20.0. The first-order valence-electron chi connectivity index (χ1n) is 15.9. The Balaban J connectivity index is 1.02. The van der Waals surface area contributed by atoms with E-state index < -0.39 is 6.51 Å². The predicted octanol–water partition coefficient (Wildman–Crippen LogP) is 11.0. The van der Waals surface area contributed by atoms with E-state index in [0.717, 1.165) is 8.11 Å². The summed E-state index contributed by atoms with van der Waals surface area (Å²) >= 11 is 0. The Bertz CT molecular complexity index is 1970. The molecule has 0 N–H and O–H groups in total. The molecule has 10 aliphatic heterocycles. The van der Waals surface area contributed by atoms with Crippen molar-refractivity contribution in [2.75, 3.05) is 0 Å². The second-order valence-corrected chi connectivity index (χ2v) is 46.2. The first kappa shape index (κ1) is 21.0. The molecule has 0 bridgehead atoms. The molecule has 41 heavy (non-hydrogen) atoms. The summed E-state index contributed by atoms with van der Waals surface area (Å²) in [4.78, 5) is 10.8. The first-order valence-corrected chi connectivity index (χ1v) is 25.5. The standard InChI is InChI=1S/C33H31P2.C5H5.Fe/c1-5-14-28(15-6-1)24-34(25-29-16-7-2-8-17-29)32-22-13-23-33(32)35(26-30-18-9-3-10-19-30)27-31-20-11-4-12-21-31;1-2-4-5-3-1;/h1-23H,24-27H2;1-5H;. The molecule has 10 heterocycles. The van der Waals surface area contributed by atoms with Gasteiger partial charge in [0.2, 0.25) is 0 Å². The fourth-order valence-corrected chi connectivity index (χ4v) is 131. The molecule has 4 atom stereocenters. The van der Waals surface area contributed by atoms with Crippen molar-refractivity contribution in [3.8, 4) is 0 Å². The molecule has 10 fully saturated rings. The Kier molecular flexibility index (Phi) is 1.85. The molecule has 3 heteroatoms. The Morgan fingerprint density at radius 3 is 0.878 bits per heavy atom. The number of hydrogen-bond acceptors (Lipinski definition) is 0. The van der Waals surface area contributed by atoms with Gasteiger partial charge in [-0.15, -0.1) is 0 Å². The van der Waals surface area contributed by atoms with Crippen LogP contribution in [0.5, 0.6) is 0 Å². The van der Waals surface area contributed by atoms with Gasteiger partial charge in [0.05, 0.1) is 0 Å². The normalized spacial score (nSPS) is 58.1. The van der Waals surface area contributed by atoms with Crippen LogP contribution in [0.1, 0.15) is 22.3 Å². The van der Waals surface area contributed by atoms with E-state index >= 15 is 0 Å². The number of fused-ring (bicyclic) bond motifs is 10. The third-order valence-corrected chi connectivity index (χ3v) is 78.2. The fourth-order valence-electron chi connectivity index (χ4n) is 21.9. The van der Waals surface area contributed by atoms with E-state index in [1.807, 2.05) is 0 Å². The molecule has 10 saturated heterocycles. The average molecular weight is 610 g/mol. The number of rotatable bonds is 10. The van der Waals surface area contributed by atoms with Gasteiger partial charge < -0.3 is 0 Å². The van der Waals surface area contributed by atoms with Crippen LogP contribution in [0.4, 0.5) is 0 Å². The zero-order valence-corrected chi connectivity index (χ0v) is 26.1. The van der Waals surface area contributed by atoms with Gasteiger partial charge in [0, 0.05) is 0 Å². The monoisotopic (exact) mass is 610 g/mol. The van der Waals surface area contributed by atoms with Crippen LogP contribution in [0.3, 0.4) is 0 Å². The number of benzene rings is 4. The predicted molar refractivity (Wildman–Crippen MR) is 170 cm³/mol. The van der Waals surface area contributed by atoms with E-state index in [-0.39, 0.29) is 15.8 Å². The van der Waals surface area contributed by atoms with Crippen molar-refractivity contribution < 1.29 is 6.51 Å². The molecule has 0 nitrogen and oxygen atoms in total. The van der Waals surface area contributed by atoms with Crippen molar-refractivity contribution in [3.05, 3.63) is 144 Å². The molecule has 4 aromatic rings. The summed E-state index contributed by atoms with van der Waals surface area (Å²) in [6.07, 6.45) is 5.61. The van der Waals surface area contributed by atoms with Crippen LogP contribution < -0.4 is 0 Å². The van der Waals surface area contributed by atoms with E-state index in [9.17, 15) is 0 Å². The zero-order valence-electron chi connectivity index (χ0n) is 23.2. The molecule has 0 radical (unpaired) electrons. The Morgan fingerprint density at radius 2 is 0.659 bits per heavy atom. The van der Waals surface area contributed by atoms with E-state index in [0.29, 0.717) is 0 Å². The van der Waals surface area contributed by atoms with Gasteiger partial charge >= 0.3 is 237 Å². The maximum atomic E-state index is 2.48. The van der Waals surface area contributed by atoms with Crippen molar-refractivity contribution >= 4 is 15.8 Å². The van der Waals surface area contributed by atoms with Gasteiger partial charge in [0.15, 0.2) is 0 Å². The van der Waals surface area contributed by atoms with Crippen LogP contribution in [0, 0.1) is 0 Å².